The summed E-state index contributed by atoms with van der Waals surface area (Å²) in [5.41, 5.74) is 5.71. The second kappa shape index (κ2) is 9.59. The molecule has 0 aliphatic heterocycles. The molecule has 2 rings (SSSR count). The highest BCUT2D eigenvalue weighted by Crippen LogP contribution is 2.46. The van der Waals surface area contributed by atoms with Gasteiger partial charge in [0.1, 0.15) is 11.5 Å². The fourth-order valence-corrected chi connectivity index (χ4v) is 5.33. The van der Waals surface area contributed by atoms with Gasteiger partial charge in [0.25, 0.3) is 8.32 Å². The molecule has 0 aliphatic rings. The molecule has 0 amide bonds. The van der Waals surface area contributed by atoms with Gasteiger partial charge >= 0.3 is 0 Å². The predicted octanol–water partition coefficient (Wildman–Crippen LogP) is 8.88. The van der Waals surface area contributed by atoms with E-state index in [9.17, 15) is 0 Å². The molecule has 0 saturated heterocycles. The van der Waals surface area contributed by atoms with Crippen LogP contribution in [0.5, 0.6) is 11.5 Å². The number of ether oxygens (including phenoxy) is 1. The highest BCUT2D eigenvalue weighted by atomic mass is 28.4. The van der Waals surface area contributed by atoms with Crippen molar-refractivity contribution in [2.45, 2.75) is 98.3 Å². The maximum absolute atomic E-state index is 6.97. The Morgan fingerprint density at radius 2 is 1.36 bits per heavy atom. The van der Waals surface area contributed by atoms with Gasteiger partial charge in [-0.3, -0.25) is 0 Å². The van der Waals surface area contributed by atoms with Crippen molar-refractivity contribution < 1.29 is 13.6 Å². The Kier molecular flexibility index (Phi) is 8.04. The van der Waals surface area contributed by atoms with Crippen molar-refractivity contribution >= 4 is 16.6 Å². The van der Waals surface area contributed by atoms with Crippen LogP contribution in [0.15, 0.2) is 30.3 Å². The minimum atomic E-state index is -2.05. The van der Waals surface area contributed by atoms with E-state index in [4.69, 9.17) is 13.6 Å². The Morgan fingerprint density at radius 3 is 1.88 bits per heavy atom. The van der Waals surface area contributed by atoms with E-state index in [0.717, 1.165) is 28.2 Å². The van der Waals surface area contributed by atoms with E-state index in [-0.39, 0.29) is 10.1 Å². The molecule has 2 aromatic rings. The van der Waals surface area contributed by atoms with Crippen LogP contribution in [0.1, 0.15) is 58.2 Å². The molecule has 0 aromatic heterocycles. The van der Waals surface area contributed by atoms with Gasteiger partial charge < -0.3 is 13.6 Å². The van der Waals surface area contributed by atoms with Gasteiger partial charge in [0, 0.05) is 11.1 Å². The number of rotatable bonds is 7. The molecule has 0 aliphatic carbocycles. The molecular weight excluding hydrogens is 440 g/mol. The van der Waals surface area contributed by atoms with E-state index >= 15 is 0 Å². The van der Waals surface area contributed by atoms with Crippen LogP contribution in [0, 0.1) is 13.8 Å². The molecule has 0 unspecified atom stereocenters. The Morgan fingerprint density at radius 1 is 0.818 bits per heavy atom. The number of hydrogen-bond donors (Lipinski definition) is 0. The lowest BCUT2D eigenvalue weighted by Crippen LogP contribution is -2.44. The highest BCUT2D eigenvalue weighted by molar-refractivity contribution is 6.75. The van der Waals surface area contributed by atoms with Crippen molar-refractivity contribution in [1.82, 2.24) is 0 Å². The summed E-state index contributed by atoms with van der Waals surface area (Å²) >= 11 is 0. The Bertz CT molecular complexity index is 980. The first kappa shape index (κ1) is 27.7. The zero-order valence-corrected chi connectivity index (χ0v) is 25.3. The van der Waals surface area contributed by atoms with Crippen molar-refractivity contribution in [3.8, 4) is 22.6 Å². The van der Waals surface area contributed by atoms with Crippen molar-refractivity contribution in [3.63, 3.8) is 0 Å². The second-order valence-electron chi connectivity index (χ2n) is 12.3. The summed E-state index contributed by atoms with van der Waals surface area (Å²) in [6.45, 7) is 27.8. The topological polar surface area (TPSA) is 27.7 Å². The summed E-state index contributed by atoms with van der Waals surface area (Å²) in [5, 5.41) is 0.274. The van der Waals surface area contributed by atoms with Crippen molar-refractivity contribution in [2.24, 2.45) is 0 Å². The summed E-state index contributed by atoms with van der Waals surface area (Å²) in [6, 6.07) is 10.7. The van der Waals surface area contributed by atoms with E-state index in [1.165, 1.54) is 11.1 Å². The molecule has 33 heavy (non-hydrogen) atoms. The minimum absolute atomic E-state index is 0.107. The maximum Gasteiger partial charge on any atom is 0.250 e. The minimum Gasteiger partial charge on any atom is -0.543 e. The van der Waals surface area contributed by atoms with Gasteiger partial charge in [-0.2, -0.15) is 0 Å². The summed E-state index contributed by atoms with van der Waals surface area (Å²) in [6.07, 6.45) is 0. The Hall–Kier alpha value is -1.57. The SMILES string of the molecule is COc1cc(C)c(O[Si](C)(C)C(C)(C)C)c(-c2ccccc2CO[Si](C)(C)C(C)(C)C)c1C. The van der Waals surface area contributed by atoms with Gasteiger partial charge in [0.05, 0.1) is 13.7 Å². The van der Waals surface area contributed by atoms with E-state index in [2.05, 4.69) is 112 Å². The maximum atomic E-state index is 6.97. The Labute approximate surface area is 205 Å². The lowest BCUT2D eigenvalue weighted by molar-refractivity contribution is 0.277. The highest BCUT2D eigenvalue weighted by Gasteiger charge is 2.40. The molecule has 0 N–H and O–H groups in total. The first-order valence-electron chi connectivity index (χ1n) is 12.0. The van der Waals surface area contributed by atoms with Crippen molar-refractivity contribution in [2.75, 3.05) is 7.11 Å². The van der Waals surface area contributed by atoms with E-state index < -0.39 is 16.6 Å². The molecule has 3 nitrogen and oxygen atoms in total. The van der Waals surface area contributed by atoms with Gasteiger partial charge in [0.15, 0.2) is 8.32 Å². The monoisotopic (exact) mass is 486 g/mol. The average Bonchev–Trinajstić information content (AvgIpc) is 2.67. The number of hydrogen-bond acceptors (Lipinski definition) is 3. The van der Waals surface area contributed by atoms with Crippen LogP contribution >= 0.6 is 0 Å². The van der Waals surface area contributed by atoms with Gasteiger partial charge in [-0.25, -0.2) is 0 Å². The predicted molar refractivity (Wildman–Crippen MR) is 148 cm³/mol. The van der Waals surface area contributed by atoms with Crippen LogP contribution in [0.2, 0.25) is 36.3 Å². The third kappa shape index (κ3) is 5.93. The summed E-state index contributed by atoms with van der Waals surface area (Å²) < 4.78 is 19.4. The fraction of sp³-hybridized carbons (Fsp3) is 0.571. The number of methoxy groups -OCH3 is 1. The first-order chi connectivity index (χ1) is 14.9. The fourth-order valence-electron chi connectivity index (χ4n) is 3.30. The molecule has 0 bridgehead atoms. The standard InChI is InChI=1S/C28H46O3Si2/c1-20-18-24(29-9)21(2)25(26(20)31-33(12,13)28(6,7)8)23-17-15-14-16-22(23)19-30-32(10,11)27(3,4)5/h14-18H,19H2,1-13H3. The van der Waals surface area contributed by atoms with Gasteiger partial charge in [-0.15, -0.1) is 0 Å². The molecule has 0 radical (unpaired) electrons. The van der Waals surface area contributed by atoms with Crippen molar-refractivity contribution in [1.29, 1.82) is 0 Å². The van der Waals surface area contributed by atoms with Crippen LogP contribution in [-0.2, 0) is 11.0 Å². The Balaban J connectivity index is 2.69. The van der Waals surface area contributed by atoms with Crippen LogP contribution in [-0.4, -0.2) is 23.7 Å². The van der Waals surface area contributed by atoms with E-state index in [1.54, 1.807) is 7.11 Å². The van der Waals surface area contributed by atoms with Crippen LogP contribution in [0.3, 0.4) is 0 Å². The lowest BCUT2D eigenvalue weighted by Gasteiger charge is -2.38. The van der Waals surface area contributed by atoms with E-state index in [1.807, 2.05) is 0 Å². The number of benzene rings is 2. The smallest absolute Gasteiger partial charge is 0.250 e. The van der Waals surface area contributed by atoms with Gasteiger partial charge in [-0.05, 0) is 72.9 Å². The van der Waals surface area contributed by atoms with Crippen LogP contribution in [0.25, 0.3) is 11.1 Å². The molecular formula is C28H46O3Si2. The summed E-state index contributed by atoms with van der Waals surface area (Å²) in [4.78, 5) is 0. The molecule has 0 fully saturated rings. The third-order valence-corrected chi connectivity index (χ3v) is 16.5. The molecule has 184 valence electrons. The van der Waals surface area contributed by atoms with Crippen LogP contribution < -0.4 is 9.16 Å². The van der Waals surface area contributed by atoms with Gasteiger partial charge in [0.2, 0.25) is 0 Å². The van der Waals surface area contributed by atoms with E-state index in [0.29, 0.717) is 6.61 Å². The average molecular weight is 487 g/mol. The zero-order valence-electron chi connectivity index (χ0n) is 23.3. The van der Waals surface area contributed by atoms with Crippen molar-refractivity contribution in [3.05, 3.63) is 47.0 Å². The molecule has 2 aromatic carbocycles. The molecule has 5 heteroatoms. The summed E-state index contributed by atoms with van der Waals surface area (Å²) in [7, 11) is -2.18. The third-order valence-electron chi connectivity index (χ3n) is 7.74. The van der Waals surface area contributed by atoms with Gasteiger partial charge in [-0.1, -0.05) is 65.8 Å². The summed E-state index contributed by atoms with van der Waals surface area (Å²) in [5.74, 6) is 1.88. The first-order valence-corrected chi connectivity index (χ1v) is 17.8. The zero-order chi connectivity index (χ0) is 25.4. The van der Waals surface area contributed by atoms with Crippen LogP contribution in [0.4, 0.5) is 0 Å². The molecule has 0 heterocycles. The number of aryl methyl sites for hydroxylation is 1. The quantitative estimate of drug-likeness (QED) is 0.366. The largest absolute Gasteiger partial charge is 0.543 e. The second-order valence-corrected chi connectivity index (χ2v) is 21.8. The molecule has 0 atom stereocenters. The molecule has 0 saturated carbocycles. The molecule has 0 spiro atoms. The normalized spacial score (nSPS) is 13.2. The lowest BCUT2D eigenvalue weighted by atomic mass is 9.93.